The Kier molecular flexibility index (Phi) is 5.11. The normalized spacial score (nSPS) is 15.9. The number of amides is 1. The molecule has 0 bridgehead atoms. The first kappa shape index (κ1) is 20.6. The molecular formula is C27H26N6O. The summed E-state index contributed by atoms with van der Waals surface area (Å²) in [6, 6.07) is 16.6. The van der Waals surface area contributed by atoms with Crippen LogP contribution >= 0.6 is 0 Å². The molecule has 1 aliphatic rings. The molecule has 7 heteroatoms. The zero-order valence-corrected chi connectivity index (χ0v) is 19.0. The van der Waals surface area contributed by atoms with E-state index in [0.717, 1.165) is 57.2 Å². The van der Waals surface area contributed by atoms with Crippen LogP contribution in [-0.4, -0.2) is 44.8 Å². The van der Waals surface area contributed by atoms with Crippen molar-refractivity contribution in [2.75, 3.05) is 13.1 Å². The van der Waals surface area contributed by atoms with Crippen LogP contribution in [0.15, 0.2) is 67.1 Å². The molecular weight excluding hydrogens is 424 g/mol. The maximum atomic E-state index is 12.6. The summed E-state index contributed by atoms with van der Waals surface area (Å²) in [5.41, 5.74) is 6.79. The van der Waals surface area contributed by atoms with Crippen molar-refractivity contribution in [3.05, 3.63) is 72.7 Å². The summed E-state index contributed by atoms with van der Waals surface area (Å²) >= 11 is 0. The van der Waals surface area contributed by atoms with Crippen molar-refractivity contribution in [3.63, 3.8) is 0 Å². The van der Waals surface area contributed by atoms with Gasteiger partial charge in [0.2, 0.25) is 0 Å². The first-order valence-electron chi connectivity index (χ1n) is 11.7. The van der Waals surface area contributed by atoms with Crippen LogP contribution in [0.4, 0.5) is 0 Å². The highest BCUT2D eigenvalue weighted by molar-refractivity contribution is 6.14. The molecule has 1 unspecified atom stereocenters. The molecule has 0 radical (unpaired) electrons. The topological polar surface area (TPSA) is 87.6 Å². The third-order valence-electron chi connectivity index (χ3n) is 6.64. The van der Waals surface area contributed by atoms with E-state index in [9.17, 15) is 4.79 Å². The molecule has 5 aromatic rings. The quantitative estimate of drug-likeness (QED) is 0.373. The second-order valence-electron chi connectivity index (χ2n) is 8.95. The maximum absolute atomic E-state index is 12.6. The van der Waals surface area contributed by atoms with E-state index in [1.54, 1.807) is 4.68 Å². The van der Waals surface area contributed by atoms with E-state index in [0.29, 0.717) is 18.2 Å². The molecule has 1 fully saturated rings. The van der Waals surface area contributed by atoms with Crippen LogP contribution in [0.3, 0.4) is 0 Å². The van der Waals surface area contributed by atoms with Crippen LogP contribution in [0.1, 0.15) is 23.2 Å². The van der Waals surface area contributed by atoms with Crippen LogP contribution in [0, 0.1) is 0 Å². The van der Waals surface area contributed by atoms with Crippen LogP contribution in [0.5, 0.6) is 0 Å². The molecule has 0 aliphatic carbocycles. The maximum Gasteiger partial charge on any atom is 0.251 e. The fraction of sp³-hybridized carbons (Fsp3) is 0.222. The summed E-state index contributed by atoms with van der Waals surface area (Å²) in [6.45, 7) is 1.71. The number of benzene rings is 2. The van der Waals surface area contributed by atoms with E-state index in [1.807, 2.05) is 49.9 Å². The van der Waals surface area contributed by atoms with Gasteiger partial charge in [0.25, 0.3) is 5.91 Å². The summed E-state index contributed by atoms with van der Waals surface area (Å²) in [5.74, 6) is -0.0299. The summed E-state index contributed by atoms with van der Waals surface area (Å²) in [4.78, 5) is 20.7. The van der Waals surface area contributed by atoms with E-state index < -0.39 is 0 Å². The van der Waals surface area contributed by atoms with Crippen molar-refractivity contribution in [2.45, 2.75) is 18.9 Å². The number of aromatic nitrogens is 4. The molecule has 1 saturated heterocycles. The highest BCUT2D eigenvalue weighted by Gasteiger charge is 2.16. The number of pyridine rings is 1. The molecule has 170 valence electrons. The Bertz CT molecular complexity index is 1490. The number of rotatable bonds is 5. The molecule has 2 aromatic carbocycles. The van der Waals surface area contributed by atoms with Gasteiger partial charge in [-0.2, -0.15) is 5.10 Å². The van der Waals surface area contributed by atoms with Crippen LogP contribution in [0.2, 0.25) is 0 Å². The first-order valence-corrected chi connectivity index (χ1v) is 11.7. The van der Waals surface area contributed by atoms with E-state index in [4.69, 9.17) is 0 Å². The second kappa shape index (κ2) is 8.43. The molecule has 0 saturated carbocycles. The van der Waals surface area contributed by atoms with Gasteiger partial charge in [-0.25, -0.2) is 0 Å². The Hall–Kier alpha value is -3.97. The molecule has 7 nitrogen and oxygen atoms in total. The number of carbonyl (C=O) groups excluding carboxylic acids is 1. The van der Waals surface area contributed by atoms with E-state index >= 15 is 0 Å². The van der Waals surface area contributed by atoms with Gasteiger partial charge in [-0.05, 0) is 54.8 Å². The van der Waals surface area contributed by atoms with Crippen LogP contribution in [0.25, 0.3) is 44.2 Å². The monoisotopic (exact) mass is 450 g/mol. The average Bonchev–Trinajstić information content (AvgIpc) is 3.62. The van der Waals surface area contributed by atoms with Gasteiger partial charge in [-0.3, -0.25) is 14.5 Å². The Balaban J connectivity index is 1.34. The summed E-state index contributed by atoms with van der Waals surface area (Å²) in [7, 11) is 1.90. The Morgan fingerprint density at radius 2 is 2.00 bits per heavy atom. The molecule has 34 heavy (non-hydrogen) atoms. The lowest BCUT2D eigenvalue weighted by molar-refractivity contribution is 0.0950. The third-order valence-corrected chi connectivity index (χ3v) is 6.64. The minimum atomic E-state index is -0.0299. The smallest absolute Gasteiger partial charge is 0.251 e. The van der Waals surface area contributed by atoms with Crippen molar-refractivity contribution < 1.29 is 4.79 Å². The molecule has 4 heterocycles. The molecule has 6 rings (SSSR count). The molecule has 3 aromatic heterocycles. The van der Waals surface area contributed by atoms with Gasteiger partial charge < -0.3 is 15.6 Å². The largest absolute Gasteiger partial charge is 0.353 e. The Morgan fingerprint density at radius 1 is 1.12 bits per heavy atom. The molecule has 3 N–H and O–H groups in total. The number of nitrogens with one attached hydrogen (secondary N) is 3. The van der Waals surface area contributed by atoms with E-state index in [-0.39, 0.29) is 5.91 Å². The molecule has 0 spiro atoms. The second-order valence-corrected chi connectivity index (χ2v) is 8.95. The fourth-order valence-corrected chi connectivity index (χ4v) is 4.86. The number of aromatic amines is 1. The number of hydrogen-bond donors (Lipinski definition) is 3. The summed E-state index contributed by atoms with van der Waals surface area (Å²) in [5, 5.41) is 13.0. The Labute approximate surface area is 197 Å². The fourth-order valence-electron chi connectivity index (χ4n) is 4.86. The standard InChI is InChI=1S/C27H26N6O/c1-33-16-19(13-31-33)24-12-22-25(15-29-24)32-23-6-2-5-21(26(22)23)17-7-9-18(10-8-17)27(34)30-14-20-4-3-11-28-20/h2,5-10,12-13,15-16,20,28,32H,3-4,11,14H2,1H3,(H,30,34). The lowest BCUT2D eigenvalue weighted by atomic mass is 9.98. The molecule has 1 amide bonds. The zero-order chi connectivity index (χ0) is 23.1. The van der Waals surface area contributed by atoms with E-state index in [1.165, 1.54) is 6.42 Å². The highest BCUT2D eigenvalue weighted by Crippen LogP contribution is 2.35. The lowest BCUT2D eigenvalue weighted by Crippen LogP contribution is -2.37. The number of aryl methyl sites for hydroxylation is 1. The minimum absolute atomic E-state index is 0.0299. The van der Waals surface area contributed by atoms with Gasteiger partial charge in [0.05, 0.1) is 23.6 Å². The van der Waals surface area contributed by atoms with Crippen molar-refractivity contribution in [1.29, 1.82) is 0 Å². The number of H-pyrrole nitrogens is 1. The van der Waals surface area contributed by atoms with Crippen molar-refractivity contribution in [2.24, 2.45) is 7.05 Å². The van der Waals surface area contributed by atoms with Gasteiger partial charge in [-0.15, -0.1) is 0 Å². The average molecular weight is 451 g/mol. The number of hydrogen-bond acceptors (Lipinski definition) is 4. The van der Waals surface area contributed by atoms with Gasteiger partial charge in [0, 0.05) is 53.2 Å². The predicted molar refractivity (Wildman–Crippen MR) is 135 cm³/mol. The van der Waals surface area contributed by atoms with Crippen LogP contribution in [-0.2, 0) is 7.05 Å². The van der Waals surface area contributed by atoms with Gasteiger partial charge in [0.15, 0.2) is 0 Å². The SMILES string of the molecule is Cn1cc(-c2cc3c(cn2)[nH]c2cccc(-c4ccc(C(=O)NCC5CCCN5)cc4)c23)cn1. The number of fused-ring (bicyclic) bond motifs is 3. The van der Waals surface area contributed by atoms with Crippen molar-refractivity contribution in [1.82, 2.24) is 30.4 Å². The van der Waals surface area contributed by atoms with Gasteiger partial charge in [0.1, 0.15) is 0 Å². The lowest BCUT2D eigenvalue weighted by Gasteiger charge is -2.12. The summed E-state index contributed by atoms with van der Waals surface area (Å²) < 4.78 is 1.78. The third kappa shape index (κ3) is 3.74. The predicted octanol–water partition coefficient (Wildman–Crippen LogP) is 4.27. The first-order chi connectivity index (χ1) is 16.7. The van der Waals surface area contributed by atoms with Crippen molar-refractivity contribution in [3.8, 4) is 22.4 Å². The van der Waals surface area contributed by atoms with Gasteiger partial charge in [-0.1, -0.05) is 24.3 Å². The highest BCUT2D eigenvalue weighted by atomic mass is 16.1. The van der Waals surface area contributed by atoms with Gasteiger partial charge >= 0.3 is 0 Å². The zero-order valence-electron chi connectivity index (χ0n) is 19.0. The van der Waals surface area contributed by atoms with Crippen molar-refractivity contribution >= 4 is 27.7 Å². The van der Waals surface area contributed by atoms with E-state index in [2.05, 4.69) is 50.0 Å². The summed E-state index contributed by atoms with van der Waals surface area (Å²) in [6.07, 6.45) is 7.97. The number of carbonyl (C=O) groups is 1. The minimum Gasteiger partial charge on any atom is -0.353 e. The molecule has 1 aliphatic heterocycles. The molecule has 1 atom stereocenters. The Morgan fingerprint density at radius 3 is 2.76 bits per heavy atom. The van der Waals surface area contributed by atoms with Crippen LogP contribution < -0.4 is 10.6 Å². The number of nitrogens with zero attached hydrogens (tertiary/aromatic N) is 3.